The first kappa shape index (κ1) is 12.8. The zero-order chi connectivity index (χ0) is 13.7. The van der Waals surface area contributed by atoms with E-state index in [1.165, 1.54) is 18.3 Å². The molecule has 0 bridgehead atoms. The first-order valence-corrected chi connectivity index (χ1v) is 5.72. The average molecular weight is 258 g/mol. The number of hydrogen-bond donors (Lipinski definition) is 4. The number of rotatable bonds is 4. The predicted molar refractivity (Wildman–Crippen MR) is 72.3 cm³/mol. The fourth-order valence-corrected chi connectivity index (χ4v) is 1.54. The summed E-state index contributed by atoms with van der Waals surface area (Å²) < 4.78 is 0. The monoisotopic (exact) mass is 258 g/mol. The minimum atomic E-state index is -0.549. The van der Waals surface area contributed by atoms with Crippen molar-refractivity contribution in [1.29, 1.82) is 0 Å². The molecule has 0 aliphatic rings. The van der Waals surface area contributed by atoms with Gasteiger partial charge in [0.15, 0.2) is 11.5 Å². The lowest BCUT2D eigenvalue weighted by Crippen LogP contribution is -2.05. The van der Waals surface area contributed by atoms with Crippen LogP contribution in [-0.4, -0.2) is 21.5 Å². The van der Waals surface area contributed by atoms with Gasteiger partial charge in [-0.1, -0.05) is 30.3 Å². The van der Waals surface area contributed by atoms with E-state index in [0.29, 0.717) is 12.1 Å². The SMILES string of the molecule is Oc1ccc(/C=N/NCc2ccccc2)c(O)c1O. The van der Waals surface area contributed by atoms with E-state index in [2.05, 4.69) is 10.5 Å². The van der Waals surface area contributed by atoms with Gasteiger partial charge in [-0.3, -0.25) is 0 Å². The number of phenols is 3. The molecule has 0 heterocycles. The summed E-state index contributed by atoms with van der Waals surface area (Å²) in [6.45, 7) is 0.558. The van der Waals surface area contributed by atoms with Gasteiger partial charge >= 0.3 is 0 Å². The molecule has 5 nitrogen and oxygen atoms in total. The number of aromatic hydroxyl groups is 3. The summed E-state index contributed by atoms with van der Waals surface area (Å²) in [4.78, 5) is 0. The molecule has 0 radical (unpaired) electrons. The van der Waals surface area contributed by atoms with Crippen LogP contribution < -0.4 is 5.43 Å². The van der Waals surface area contributed by atoms with Crippen molar-refractivity contribution >= 4 is 6.21 Å². The third-order valence-electron chi connectivity index (χ3n) is 2.58. The Kier molecular flexibility index (Phi) is 3.87. The van der Waals surface area contributed by atoms with Crippen LogP contribution in [0.2, 0.25) is 0 Å². The number of benzene rings is 2. The molecule has 0 amide bonds. The normalized spacial score (nSPS) is 10.7. The van der Waals surface area contributed by atoms with Crippen molar-refractivity contribution in [2.75, 3.05) is 0 Å². The Balaban J connectivity index is 1.98. The van der Waals surface area contributed by atoms with Crippen LogP contribution in [0, 0.1) is 0 Å². The van der Waals surface area contributed by atoms with Gasteiger partial charge in [0.1, 0.15) is 0 Å². The van der Waals surface area contributed by atoms with Crippen LogP contribution in [0.5, 0.6) is 17.2 Å². The summed E-state index contributed by atoms with van der Waals surface area (Å²) >= 11 is 0. The Morgan fingerprint density at radius 1 is 0.947 bits per heavy atom. The molecule has 0 spiro atoms. The van der Waals surface area contributed by atoms with Crippen molar-refractivity contribution in [3.05, 3.63) is 53.6 Å². The van der Waals surface area contributed by atoms with Crippen molar-refractivity contribution in [1.82, 2.24) is 5.43 Å². The first-order valence-electron chi connectivity index (χ1n) is 5.72. The fourth-order valence-electron chi connectivity index (χ4n) is 1.54. The molecular formula is C14H14N2O3. The smallest absolute Gasteiger partial charge is 0.200 e. The van der Waals surface area contributed by atoms with Crippen LogP contribution in [-0.2, 0) is 6.54 Å². The van der Waals surface area contributed by atoms with E-state index in [1.807, 2.05) is 30.3 Å². The first-order chi connectivity index (χ1) is 9.18. The summed E-state index contributed by atoms with van der Waals surface area (Å²) in [6.07, 6.45) is 1.37. The van der Waals surface area contributed by atoms with E-state index in [9.17, 15) is 15.3 Å². The second-order valence-electron chi connectivity index (χ2n) is 3.95. The number of hydrazone groups is 1. The van der Waals surface area contributed by atoms with Crippen LogP contribution in [0.15, 0.2) is 47.6 Å². The van der Waals surface area contributed by atoms with Crippen LogP contribution >= 0.6 is 0 Å². The highest BCUT2D eigenvalue weighted by Gasteiger charge is 2.08. The van der Waals surface area contributed by atoms with E-state index < -0.39 is 11.5 Å². The van der Waals surface area contributed by atoms with Gasteiger partial charge in [-0.05, 0) is 17.7 Å². The minimum Gasteiger partial charge on any atom is -0.504 e. The van der Waals surface area contributed by atoms with Crippen LogP contribution in [0.1, 0.15) is 11.1 Å². The van der Waals surface area contributed by atoms with Gasteiger partial charge in [0.05, 0.1) is 12.8 Å². The summed E-state index contributed by atoms with van der Waals surface area (Å²) in [7, 11) is 0. The van der Waals surface area contributed by atoms with Crippen LogP contribution in [0.4, 0.5) is 0 Å². The third-order valence-corrected chi connectivity index (χ3v) is 2.58. The van der Waals surface area contributed by atoms with Gasteiger partial charge in [0.25, 0.3) is 0 Å². The number of nitrogens with zero attached hydrogens (tertiary/aromatic N) is 1. The minimum absolute atomic E-state index is 0.316. The van der Waals surface area contributed by atoms with Gasteiger partial charge < -0.3 is 20.7 Å². The summed E-state index contributed by atoms with van der Waals surface area (Å²) in [5.41, 5.74) is 4.22. The number of nitrogens with one attached hydrogen (secondary N) is 1. The largest absolute Gasteiger partial charge is 0.504 e. The molecule has 2 aromatic rings. The molecule has 0 saturated carbocycles. The second-order valence-corrected chi connectivity index (χ2v) is 3.95. The lowest BCUT2D eigenvalue weighted by Gasteiger charge is -2.04. The quantitative estimate of drug-likeness (QED) is 0.383. The van der Waals surface area contributed by atoms with E-state index in [-0.39, 0.29) is 5.75 Å². The predicted octanol–water partition coefficient (Wildman–Crippen LogP) is 1.93. The highest BCUT2D eigenvalue weighted by Crippen LogP contribution is 2.36. The molecule has 2 aromatic carbocycles. The van der Waals surface area contributed by atoms with Crippen molar-refractivity contribution in [3.8, 4) is 17.2 Å². The zero-order valence-electron chi connectivity index (χ0n) is 10.1. The molecular weight excluding hydrogens is 244 g/mol. The molecule has 0 unspecified atom stereocenters. The molecule has 0 aliphatic carbocycles. The van der Waals surface area contributed by atoms with Crippen molar-refractivity contribution in [2.24, 2.45) is 5.10 Å². The highest BCUT2D eigenvalue weighted by atomic mass is 16.3. The maximum absolute atomic E-state index is 9.57. The molecule has 0 fully saturated rings. The van der Waals surface area contributed by atoms with Gasteiger partial charge in [0.2, 0.25) is 5.75 Å². The molecule has 0 aliphatic heterocycles. The highest BCUT2D eigenvalue weighted by molar-refractivity contribution is 5.85. The van der Waals surface area contributed by atoms with E-state index in [1.54, 1.807) is 0 Å². The van der Waals surface area contributed by atoms with Crippen LogP contribution in [0.25, 0.3) is 0 Å². The molecule has 5 heteroatoms. The van der Waals surface area contributed by atoms with Gasteiger partial charge in [-0.15, -0.1) is 0 Å². The van der Waals surface area contributed by atoms with Crippen LogP contribution in [0.3, 0.4) is 0 Å². The van der Waals surface area contributed by atoms with E-state index in [4.69, 9.17) is 0 Å². The number of phenolic OH excluding ortho intramolecular Hbond substituents is 3. The number of hydrogen-bond acceptors (Lipinski definition) is 5. The van der Waals surface area contributed by atoms with Gasteiger partial charge in [-0.25, -0.2) is 0 Å². The molecule has 98 valence electrons. The molecule has 0 atom stereocenters. The summed E-state index contributed by atoms with van der Waals surface area (Å²) in [5, 5.41) is 32.0. The Bertz CT molecular complexity index is 583. The van der Waals surface area contributed by atoms with Crippen molar-refractivity contribution in [2.45, 2.75) is 6.54 Å². The Labute approximate surface area is 110 Å². The molecule has 2 rings (SSSR count). The fraction of sp³-hybridized carbons (Fsp3) is 0.0714. The summed E-state index contributed by atoms with van der Waals surface area (Å²) in [6, 6.07) is 12.5. The standard InChI is InChI=1S/C14H14N2O3/c17-12-7-6-11(13(18)14(12)19)9-16-15-8-10-4-2-1-3-5-10/h1-7,9,15,17-19H,8H2/b16-9+. The molecule has 19 heavy (non-hydrogen) atoms. The van der Waals surface area contributed by atoms with Gasteiger partial charge in [-0.2, -0.15) is 5.10 Å². The zero-order valence-corrected chi connectivity index (χ0v) is 10.1. The van der Waals surface area contributed by atoms with Crippen molar-refractivity contribution < 1.29 is 15.3 Å². The lowest BCUT2D eigenvalue weighted by atomic mass is 10.2. The van der Waals surface area contributed by atoms with Gasteiger partial charge in [0, 0.05) is 5.56 Å². The molecule has 0 aromatic heterocycles. The van der Waals surface area contributed by atoms with E-state index in [0.717, 1.165) is 5.56 Å². The van der Waals surface area contributed by atoms with E-state index >= 15 is 0 Å². The molecule has 4 N–H and O–H groups in total. The topological polar surface area (TPSA) is 85.1 Å². The summed E-state index contributed by atoms with van der Waals surface area (Å²) in [5.74, 6) is -1.32. The molecule has 0 saturated heterocycles. The average Bonchev–Trinajstić information content (AvgIpc) is 2.44. The Morgan fingerprint density at radius 3 is 2.42 bits per heavy atom. The lowest BCUT2D eigenvalue weighted by molar-refractivity contribution is 0.367. The Morgan fingerprint density at radius 2 is 1.68 bits per heavy atom. The second kappa shape index (κ2) is 5.77. The third kappa shape index (κ3) is 3.16. The van der Waals surface area contributed by atoms with Crippen molar-refractivity contribution in [3.63, 3.8) is 0 Å². The Hall–Kier alpha value is -2.69. The maximum Gasteiger partial charge on any atom is 0.200 e. The maximum atomic E-state index is 9.57.